The molecule has 1 saturated carbocycles. The van der Waals surface area contributed by atoms with Crippen LogP contribution in [0.1, 0.15) is 25.7 Å². The van der Waals surface area contributed by atoms with Crippen LogP contribution in [0, 0.1) is 10.1 Å². The number of benzene rings is 1. The van der Waals surface area contributed by atoms with Gasteiger partial charge in [0.05, 0.1) is 23.4 Å². The average Bonchev–Trinajstić information content (AvgIpc) is 2.42. The Morgan fingerprint density at radius 3 is 2.55 bits per heavy atom. The van der Waals surface area contributed by atoms with Gasteiger partial charge in [-0.1, -0.05) is 12.1 Å². The lowest BCUT2D eigenvalue weighted by Gasteiger charge is -2.41. The SMILES string of the molecule is O=C(O)CC1(NC(=O)CNc2ccccc2[N+](=O)[O-])CCC1. The number of carbonyl (C=O) groups is 2. The maximum Gasteiger partial charge on any atom is 0.305 e. The number of nitrogens with one attached hydrogen (secondary N) is 2. The number of carboxylic acids is 1. The standard InChI is InChI=1S/C14H17N3O5/c18-12(16-14(6-3-7-14)8-13(19)20)9-15-10-4-1-2-5-11(10)17(21)22/h1-2,4-5,15H,3,6-9H2,(H,16,18)(H,19,20). The maximum absolute atomic E-state index is 12.0. The van der Waals surface area contributed by atoms with Gasteiger partial charge in [-0.15, -0.1) is 0 Å². The van der Waals surface area contributed by atoms with Gasteiger partial charge in [0.15, 0.2) is 0 Å². The largest absolute Gasteiger partial charge is 0.481 e. The van der Waals surface area contributed by atoms with Gasteiger partial charge in [-0.05, 0) is 25.3 Å². The van der Waals surface area contributed by atoms with E-state index in [2.05, 4.69) is 10.6 Å². The lowest BCUT2D eigenvalue weighted by Crippen LogP contribution is -2.55. The summed E-state index contributed by atoms with van der Waals surface area (Å²) in [4.78, 5) is 33.1. The Bertz CT molecular complexity index is 598. The summed E-state index contributed by atoms with van der Waals surface area (Å²) in [7, 11) is 0. The van der Waals surface area contributed by atoms with Gasteiger partial charge in [0, 0.05) is 6.07 Å². The molecule has 0 unspecified atom stereocenters. The lowest BCUT2D eigenvalue weighted by atomic mass is 9.74. The van der Waals surface area contributed by atoms with E-state index < -0.39 is 16.4 Å². The van der Waals surface area contributed by atoms with Crippen LogP contribution in [0.5, 0.6) is 0 Å². The molecule has 1 aliphatic carbocycles. The highest BCUT2D eigenvalue weighted by Gasteiger charge is 2.40. The Morgan fingerprint density at radius 1 is 1.32 bits per heavy atom. The zero-order chi connectivity index (χ0) is 16.2. The van der Waals surface area contributed by atoms with Crippen molar-refractivity contribution >= 4 is 23.3 Å². The van der Waals surface area contributed by atoms with Gasteiger partial charge in [-0.2, -0.15) is 0 Å². The van der Waals surface area contributed by atoms with Gasteiger partial charge in [0.25, 0.3) is 5.69 Å². The number of nitro groups is 1. The van der Waals surface area contributed by atoms with Crippen LogP contribution in [0.3, 0.4) is 0 Å². The average molecular weight is 307 g/mol. The highest BCUT2D eigenvalue weighted by molar-refractivity contribution is 5.83. The van der Waals surface area contributed by atoms with E-state index in [4.69, 9.17) is 5.11 Å². The number of amides is 1. The Hall–Kier alpha value is -2.64. The molecule has 3 N–H and O–H groups in total. The molecular formula is C14H17N3O5. The number of nitrogens with zero attached hydrogens (tertiary/aromatic N) is 1. The summed E-state index contributed by atoms with van der Waals surface area (Å²) in [6.07, 6.45) is 2.04. The summed E-state index contributed by atoms with van der Waals surface area (Å²) in [6.45, 7) is -0.147. The van der Waals surface area contributed by atoms with Crippen molar-refractivity contribution in [1.82, 2.24) is 5.32 Å². The molecule has 1 amide bonds. The smallest absolute Gasteiger partial charge is 0.305 e. The van der Waals surface area contributed by atoms with Gasteiger partial charge in [0.2, 0.25) is 5.91 Å². The number of hydrogen-bond acceptors (Lipinski definition) is 5. The molecule has 8 heteroatoms. The second-order valence-electron chi connectivity index (χ2n) is 5.38. The number of anilines is 1. The first-order valence-corrected chi connectivity index (χ1v) is 6.92. The molecule has 0 atom stereocenters. The Labute approximate surface area is 126 Å². The topological polar surface area (TPSA) is 122 Å². The molecule has 0 saturated heterocycles. The molecule has 0 radical (unpaired) electrons. The van der Waals surface area contributed by atoms with Crippen molar-refractivity contribution in [2.75, 3.05) is 11.9 Å². The van der Waals surface area contributed by atoms with E-state index in [1.165, 1.54) is 12.1 Å². The van der Waals surface area contributed by atoms with Gasteiger partial charge < -0.3 is 15.7 Å². The van der Waals surface area contributed by atoms with Crippen LogP contribution in [0.2, 0.25) is 0 Å². The summed E-state index contributed by atoms with van der Waals surface area (Å²) in [5.74, 6) is -1.33. The van der Waals surface area contributed by atoms with Crippen LogP contribution < -0.4 is 10.6 Å². The molecular weight excluding hydrogens is 290 g/mol. The van der Waals surface area contributed by atoms with Crippen LogP contribution >= 0.6 is 0 Å². The molecule has 2 rings (SSSR count). The van der Waals surface area contributed by atoms with Crippen molar-refractivity contribution in [1.29, 1.82) is 0 Å². The zero-order valence-electron chi connectivity index (χ0n) is 11.9. The fraction of sp³-hybridized carbons (Fsp3) is 0.429. The second kappa shape index (κ2) is 6.42. The molecule has 8 nitrogen and oxygen atoms in total. The van der Waals surface area contributed by atoms with Crippen molar-refractivity contribution in [3.8, 4) is 0 Å². The molecule has 0 aromatic heterocycles. The van der Waals surface area contributed by atoms with E-state index in [0.717, 1.165) is 6.42 Å². The molecule has 0 heterocycles. The van der Waals surface area contributed by atoms with Crippen molar-refractivity contribution in [2.24, 2.45) is 0 Å². The Kier molecular flexibility index (Phi) is 4.59. The summed E-state index contributed by atoms with van der Waals surface area (Å²) < 4.78 is 0. The van der Waals surface area contributed by atoms with Crippen LogP contribution in [-0.4, -0.2) is 34.0 Å². The van der Waals surface area contributed by atoms with Crippen LogP contribution in [0.4, 0.5) is 11.4 Å². The normalized spacial score (nSPS) is 15.5. The predicted molar refractivity (Wildman–Crippen MR) is 78.6 cm³/mol. The van der Waals surface area contributed by atoms with E-state index in [-0.39, 0.29) is 30.2 Å². The van der Waals surface area contributed by atoms with Gasteiger partial charge in [-0.25, -0.2) is 0 Å². The molecule has 1 aromatic rings. The minimum Gasteiger partial charge on any atom is -0.481 e. The number of aliphatic carboxylic acids is 1. The molecule has 0 spiro atoms. The Morgan fingerprint density at radius 2 is 2.00 bits per heavy atom. The van der Waals surface area contributed by atoms with E-state index in [0.29, 0.717) is 12.8 Å². The van der Waals surface area contributed by atoms with Gasteiger partial charge in [0.1, 0.15) is 5.69 Å². The van der Waals surface area contributed by atoms with E-state index in [1.807, 2.05) is 0 Å². The second-order valence-corrected chi connectivity index (χ2v) is 5.38. The van der Waals surface area contributed by atoms with E-state index in [9.17, 15) is 19.7 Å². The summed E-state index contributed by atoms with van der Waals surface area (Å²) in [5.41, 5.74) is -0.532. The number of carboxylic acid groups (broad SMARTS) is 1. The van der Waals surface area contributed by atoms with Crippen LogP contribution in [-0.2, 0) is 9.59 Å². The molecule has 1 aliphatic rings. The highest BCUT2D eigenvalue weighted by atomic mass is 16.6. The number of hydrogen-bond donors (Lipinski definition) is 3. The van der Waals surface area contributed by atoms with Gasteiger partial charge >= 0.3 is 5.97 Å². The first-order chi connectivity index (χ1) is 10.4. The Balaban J connectivity index is 1.93. The predicted octanol–water partition coefficient (Wildman–Crippen LogP) is 1.52. The number of carbonyl (C=O) groups excluding carboxylic acids is 1. The molecule has 118 valence electrons. The molecule has 0 aliphatic heterocycles. The maximum atomic E-state index is 12.0. The number of rotatable bonds is 7. The minimum absolute atomic E-state index is 0.107. The monoisotopic (exact) mass is 307 g/mol. The molecule has 0 bridgehead atoms. The third kappa shape index (κ3) is 3.72. The lowest BCUT2D eigenvalue weighted by molar-refractivity contribution is -0.383. The summed E-state index contributed by atoms with van der Waals surface area (Å²) >= 11 is 0. The minimum atomic E-state index is -0.952. The molecule has 22 heavy (non-hydrogen) atoms. The van der Waals surface area contributed by atoms with Crippen molar-refractivity contribution in [2.45, 2.75) is 31.2 Å². The highest BCUT2D eigenvalue weighted by Crippen LogP contribution is 2.34. The van der Waals surface area contributed by atoms with E-state index in [1.54, 1.807) is 12.1 Å². The van der Waals surface area contributed by atoms with Crippen LogP contribution in [0.15, 0.2) is 24.3 Å². The molecule has 1 fully saturated rings. The number of para-hydroxylation sites is 2. The number of nitro benzene ring substituents is 1. The third-order valence-electron chi connectivity index (χ3n) is 3.75. The van der Waals surface area contributed by atoms with Gasteiger partial charge in [-0.3, -0.25) is 19.7 Å². The third-order valence-corrected chi connectivity index (χ3v) is 3.75. The van der Waals surface area contributed by atoms with Crippen molar-refractivity contribution in [3.05, 3.63) is 34.4 Å². The quantitative estimate of drug-likeness (QED) is 0.518. The van der Waals surface area contributed by atoms with Crippen molar-refractivity contribution < 1.29 is 19.6 Å². The van der Waals surface area contributed by atoms with Crippen LogP contribution in [0.25, 0.3) is 0 Å². The zero-order valence-corrected chi connectivity index (χ0v) is 11.9. The van der Waals surface area contributed by atoms with E-state index >= 15 is 0 Å². The molecule has 1 aromatic carbocycles. The fourth-order valence-electron chi connectivity index (χ4n) is 2.54. The van der Waals surface area contributed by atoms with Crippen molar-refractivity contribution in [3.63, 3.8) is 0 Å². The first kappa shape index (κ1) is 15.7. The first-order valence-electron chi connectivity index (χ1n) is 6.92. The summed E-state index contributed by atoms with van der Waals surface area (Å²) in [5, 5.41) is 25.2. The fourth-order valence-corrected chi connectivity index (χ4v) is 2.54. The summed E-state index contributed by atoms with van der Waals surface area (Å²) in [6, 6.07) is 6.03.